The van der Waals surface area contributed by atoms with Crippen molar-refractivity contribution in [3.05, 3.63) is 64.0 Å². The summed E-state index contributed by atoms with van der Waals surface area (Å²) in [5.41, 5.74) is 3.76. The summed E-state index contributed by atoms with van der Waals surface area (Å²) in [5, 5.41) is 6.91. The normalized spacial score (nSPS) is 13.7. The van der Waals surface area contributed by atoms with Crippen LogP contribution in [0.3, 0.4) is 0 Å². The molecule has 1 aromatic carbocycles. The number of aryl methyl sites for hydroxylation is 1. The van der Waals surface area contributed by atoms with Crippen molar-refractivity contribution >= 4 is 23.5 Å². The first-order valence-corrected chi connectivity index (χ1v) is 10.3. The van der Waals surface area contributed by atoms with Gasteiger partial charge in [-0.2, -0.15) is 0 Å². The highest BCUT2D eigenvalue weighted by atomic mass is 35.5. The Labute approximate surface area is 171 Å². The van der Waals surface area contributed by atoms with Crippen molar-refractivity contribution in [2.45, 2.75) is 45.4 Å². The van der Waals surface area contributed by atoms with Crippen LogP contribution in [0.2, 0.25) is 5.02 Å². The molecule has 148 valence electrons. The van der Waals surface area contributed by atoms with Crippen molar-refractivity contribution in [2.24, 2.45) is 0 Å². The molecule has 0 bridgehead atoms. The number of benzene rings is 1. The van der Waals surface area contributed by atoms with Gasteiger partial charge in [-0.05, 0) is 69.2 Å². The maximum absolute atomic E-state index is 12.5. The zero-order valence-electron chi connectivity index (χ0n) is 16.3. The Bertz CT molecular complexity index is 850. The van der Waals surface area contributed by atoms with Crippen LogP contribution in [0.15, 0.2) is 42.0 Å². The summed E-state index contributed by atoms with van der Waals surface area (Å²) in [4.78, 5) is 21.2. The van der Waals surface area contributed by atoms with E-state index in [-0.39, 0.29) is 5.91 Å². The molecule has 0 fully saturated rings. The molecule has 0 aliphatic heterocycles. The number of nitrogens with zero attached hydrogens (tertiary/aromatic N) is 2. The van der Waals surface area contributed by atoms with Crippen molar-refractivity contribution in [1.29, 1.82) is 0 Å². The molecule has 0 saturated heterocycles. The molecule has 5 nitrogen and oxygen atoms in total. The molecule has 0 radical (unpaired) electrons. The molecule has 1 aromatic heterocycles. The van der Waals surface area contributed by atoms with Gasteiger partial charge in [-0.3, -0.25) is 4.79 Å². The van der Waals surface area contributed by atoms with Crippen molar-refractivity contribution < 1.29 is 4.79 Å². The highest BCUT2D eigenvalue weighted by Crippen LogP contribution is 2.19. The predicted molar refractivity (Wildman–Crippen MR) is 114 cm³/mol. The molecular formula is C22H27ClN4O. The van der Waals surface area contributed by atoms with E-state index < -0.39 is 0 Å². The lowest BCUT2D eigenvalue weighted by atomic mass is 9.97. The molecular weight excluding hydrogens is 372 g/mol. The molecule has 1 aliphatic carbocycles. The quantitative estimate of drug-likeness (QED) is 0.632. The molecule has 6 heteroatoms. The van der Waals surface area contributed by atoms with Gasteiger partial charge >= 0.3 is 0 Å². The average Bonchev–Trinajstić information content (AvgIpc) is 2.68. The van der Waals surface area contributed by atoms with Crippen LogP contribution in [0.5, 0.6) is 0 Å². The number of aromatic nitrogens is 2. The van der Waals surface area contributed by atoms with Gasteiger partial charge in [0.15, 0.2) is 0 Å². The van der Waals surface area contributed by atoms with E-state index in [9.17, 15) is 4.79 Å². The van der Waals surface area contributed by atoms with Crippen LogP contribution in [0.1, 0.15) is 53.8 Å². The van der Waals surface area contributed by atoms with Gasteiger partial charge in [-0.1, -0.05) is 35.4 Å². The smallest absolute Gasteiger partial charge is 0.270 e. The molecule has 1 heterocycles. The van der Waals surface area contributed by atoms with E-state index in [0.29, 0.717) is 24.7 Å². The van der Waals surface area contributed by atoms with Crippen molar-refractivity contribution in [3.8, 4) is 0 Å². The minimum atomic E-state index is -0.153. The van der Waals surface area contributed by atoms with Crippen LogP contribution in [0, 0.1) is 6.92 Å². The van der Waals surface area contributed by atoms with Crippen LogP contribution >= 0.6 is 11.6 Å². The number of hydrogen-bond donors (Lipinski definition) is 2. The fraction of sp³-hybridized carbons (Fsp3) is 0.409. The minimum Gasteiger partial charge on any atom is -0.354 e. The number of carbonyl (C=O) groups excluding carboxylic acids is 1. The van der Waals surface area contributed by atoms with E-state index in [2.05, 4.69) is 26.7 Å². The van der Waals surface area contributed by atoms with Crippen LogP contribution in [0.25, 0.3) is 0 Å². The highest BCUT2D eigenvalue weighted by Gasteiger charge is 2.11. The largest absolute Gasteiger partial charge is 0.354 e. The standard InChI is InChI=1S/C22H27ClN4O/c1-16-14-20(21(28)24-12-10-17-6-3-2-4-7-17)27-22(26-16)25-13-11-18-8-5-9-19(23)15-18/h5-6,8-9,14-15H,2-4,7,10-13H2,1H3,(H,24,28)(H,25,26,27). The fourth-order valence-electron chi connectivity index (χ4n) is 3.33. The SMILES string of the molecule is Cc1cc(C(=O)NCCC2=CCCCC2)nc(NCCc2cccc(Cl)c2)n1. The van der Waals surface area contributed by atoms with Gasteiger partial charge in [-0.15, -0.1) is 0 Å². The highest BCUT2D eigenvalue weighted by molar-refractivity contribution is 6.30. The molecule has 28 heavy (non-hydrogen) atoms. The summed E-state index contributed by atoms with van der Waals surface area (Å²) >= 11 is 6.02. The number of anilines is 1. The van der Waals surface area contributed by atoms with Gasteiger partial charge in [0.05, 0.1) is 0 Å². The lowest BCUT2D eigenvalue weighted by molar-refractivity contribution is 0.0949. The number of allylic oxidation sites excluding steroid dienone is 1. The molecule has 2 N–H and O–H groups in total. The van der Waals surface area contributed by atoms with Crippen LogP contribution < -0.4 is 10.6 Å². The lowest BCUT2D eigenvalue weighted by Crippen LogP contribution is -2.26. The van der Waals surface area contributed by atoms with Crippen molar-refractivity contribution in [2.75, 3.05) is 18.4 Å². The first-order chi connectivity index (χ1) is 13.6. The number of rotatable bonds is 8. The van der Waals surface area contributed by atoms with Crippen molar-refractivity contribution in [1.82, 2.24) is 15.3 Å². The minimum absolute atomic E-state index is 0.153. The Balaban J connectivity index is 1.51. The van der Waals surface area contributed by atoms with Crippen molar-refractivity contribution in [3.63, 3.8) is 0 Å². The topological polar surface area (TPSA) is 66.9 Å². The summed E-state index contributed by atoms with van der Waals surface area (Å²) in [6.45, 7) is 3.18. The van der Waals surface area contributed by atoms with E-state index in [4.69, 9.17) is 11.6 Å². The van der Waals surface area contributed by atoms with Crippen LogP contribution in [-0.2, 0) is 6.42 Å². The number of hydrogen-bond acceptors (Lipinski definition) is 4. The molecule has 0 saturated carbocycles. The fourth-order valence-corrected chi connectivity index (χ4v) is 3.55. The van der Waals surface area contributed by atoms with E-state index in [1.165, 1.54) is 24.8 Å². The monoisotopic (exact) mass is 398 g/mol. The Hall–Kier alpha value is -2.40. The van der Waals surface area contributed by atoms with E-state index in [1.807, 2.05) is 31.2 Å². The van der Waals surface area contributed by atoms with Gasteiger partial charge in [0, 0.05) is 23.8 Å². The van der Waals surface area contributed by atoms with Gasteiger partial charge in [0.1, 0.15) is 5.69 Å². The zero-order valence-corrected chi connectivity index (χ0v) is 17.1. The first-order valence-electron chi connectivity index (χ1n) is 9.90. The third kappa shape index (κ3) is 6.34. The van der Waals surface area contributed by atoms with E-state index in [0.717, 1.165) is 35.5 Å². The summed E-state index contributed by atoms with van der Waals surface area (Å²) in [6, 6.07) is 9.49. The number of halogens is 1. The third-order valence-corrected chi connectivity index (χ3v) is 5.02. The molecule has 1 amide bonds. The van der Waals surface area contributed by atoms with Gasteiger partial charge < -0.3 is 10.6 Å². The summed E-state index contributed by atoms with van der Waals surface area (Å²) in [6.07, 6.45) is 8.89. The third-order valence-electron chi connectivity index (χ3n) is 4.79. The summed E-state index contributed by atoms with van der Waals surface area (Å²) in [7, 11) is 0. The van der Waals surface area contributed by atoms with E-state index in [1.54, 1.807) is 6.07 Å². The Kier molecular flexibility index (Phi) is 7.43. The zero-order chi connectivity index (χ0) is 19.8. The van der Waals surface area contributed by atoms with Gasteiger partial charge in [0.2, 0.25) is 5.95 Å². The Morgan fingerprint density at radius 3 is 2.82 bits per heavy atom. The average molecular weight is 399 g/mol. The van der Waals surface area contributed by atoms with Gasteiger partial charge in [-0.25, -0.2) is 9.97 Å². The number of nitrogens with one attached hydrogen (secondary N) is 2. The van der Waals surface area contributed by atoms with Gasteiger partial charge in [0.25, 0.3) is 5.91 Å². The van der Waals surface area contributed by atoms with Crippen LogP contribution in [-0.4, -0.2) is 29.0 Å². The molecule has 0 spiro atoms. The second kappa shape index (κ2) is 10.2. The second-order valence-corrected chi connectivity index (χ2v) is 7.58. The summed E-state index contributed by atoms with van der Waals surface area (Å²) in [5.74, 6) is 0.321. The Morgan fingerprint density at radius 2 is 2.04 bits per heavy atom. The number of carbonyl (C=O) groups is 1. The number of amides is 1. The molecule has 2 aromatic rings. The maximum atomic E-state index is 12.5. The maximum Gasteiger partial charge on any atom is 0.270 e. The van der Waals surface area contributed by atoms with Crippen LogP contribution in [0.4, 0.5) is 5.95 Å². The first kappa shape index (κ1) is 20.3. The molecule has 1 aliphatic rings. The molecule has 0 unspecified atom stereocenters. The lowest BCUT2D eigenvalue weighted by Gasteiger charge is -2.13. The molecule has 3 rings (SSSR count). The second-order valence-electron chi connectivity index (χ2n) is 7.14. The summed E-state index contributed by atoms with van der Waals surface area (Å²) < 4.78 is 0. The molecule has 0 atom stereocenters. The predicted octanol–water partition coefficient (Wildman–Crippen LogP) is 4.71. The Morgan fingerprint density at radius 1 is 1.14 bits per heavy atom. The van der Waals surface area contributed by atoms with E-state index >= 15 is 0 Å².